The molecule has 2 amide bonds. The molecule has 0 bridgehead atoms. The number of nitrogens with zero attached hydrogens (tertiary/aromatic N) is 3. The topological polar surface area (TPSA) is 120 Å². The largest absolute Gasteiger partial charge is 0.481 e. The highest BCUT2D eigenvalue weighted by molar-refractivity contribution is 5.99. The zero-order valence-corrected chi connectivity index (χ0v) is 15.8. The Balaban J connectivity index is 1.44. The normalized spacial score (nSPS) is 14.4. The van der Waals surface area contributed by atoms with Crippen molar-refractivity contribution in [1.29, 1.82) is 0 Å². The Hall–Kier alpha value is -3.62. The summed E-state index contributed by atoms with van der Waals surface area (Å²) < 4.78 is 5.26. The quantitative estimate of drug-likeness (QED) is 0.693. The summed E-state index contributed by atoms with van der Waals surface area (Å²) in [6.45, 7) is 3.25. The molecule has 2 N–H and O–H groups in total. The van der Waals surface area contributed by atoms with Gasteiger partial charge in [0, 0.05) is 37.3 Å². The van der Waals surface area contributed by atoms with Crippen molar-refractivity contribution in [2.75, 3.05) is 26.2 Å². The van der Waals surface area contributed by atoms with Gasteiger partial charge in [-0.15, -0.1) is 0 Å². The monoisotopic (exact) mass is 396 g/mol. The van der Waals surface area contributed by atoms with Crippen LogP contribution in [0.15, 0.2) is 35.2 Å². The third-order valence-electron chi connectivity index (χ3n) is 5.10. The molecule has 0 spiro atoms. The molecule has 0 saturated carbocycles. The second-order valence-corrected chi connectivity index (χ2v) is 7.01. The highest BCUT2D eigenvalue weighted by Crippen LogP contribution is 2.21. The van der Waals surface area contributed by atoms with E-state index >= 15 is 0 Å². The predicted molar refractivity (Wildman–Crippen MR) is 103 cm³/mol. The average Bonchev–Trinajstić information content (AvgIpc) is 3.32. The van der Waals surface area contributed by atoms with E-state index in [9.17, 15) is 14.4 Å². The summed E-state index contributed by atoms with van der Waals surface area (Å²) in [5, 5.41) is 9.01. The van der Waals surface area contributed by atoms with Gasteiger partial charge in [-0.1, -0.05) is 0 Å². The lowest BCUT2D eigenvalue weighted by molar-refractivity contribution is -0.136. The van der Waals surface area contributed by atoms with Crippen molar-refractivity contribution in [2.45, 2.75) is 13.3 Å². The molecule has 1 fully saturated rings. The molecule has 4 rings (SSSR count). The first-order chi connectivity index (χ1) is 13.9. The maximum absolute atomic E-state index is 12.9. The molecule has 150 valence electrons. The number of furan rings is 1. The van der Waals surface area contributed by atoms with Crippen LogP contribution < -0.4 is 0 Å². The lowest BCUT2D eigenvalue weighted by Gasteiger charge is -2.35. The molecule has 3 heterocycles. The van der Waals surface area contributed by atoms with Crippen molar-refractivity contribution in [3.05, 3.63) is 53.2 Å². The number of fused-ring (bicyclic) bond motifs is 1. The number of hydrogen-bond donors (Lipinski definition) is 2. The molecule has 0 aliphatic carbocycles. The van der Waals surface area contributed by atoms with Gasteiger partial charge in [0.05, 0.1) is 29.2 Å². The molecule has 29 heavy (non-hydrogen) atoms. The standard InChI is InChI=1S/C20H20N4O5/c1-12-10-29-16(9-17(25)26)18(12)20(28)24-6-4-23(5-7-24)19(27)13-2-3-14-15(8-13)22-11-21-14/h2-3,8,10-11H,4-7,9H2,1H3,(H,21,22)(H,25,26). The van der Waals surface area contributed by atoms with Crippen LogP contribution in [0.2, 0.25) is 0 Å². The number of amides is 2. The second kappa shape index (κ2) is 7.42. The number of nitrogens with one attached hydrogen (secondary N) is 1. The number of carbonyl (C=O) groups is 3. The number of imidazole rings is 1. The van der Waals surface area contributed by atoms with E-state index in [4.69, 9.17) is 9.52 Å². The molecule has 2 aromatic heterocycles. The first-order valence-electron chi connectivity index (χ1n) is 9.24. The maximum atomic E-state index is 12.9. The van der Waals surface area contributed by atoms with Crippen LogP contribution >= 0.6 is 0 Å². The number of aromatic nitrogens is 2. The fraction of sp³-hybridized carbons (Fsp3) is 0.300. The fourth-order valence-electron chi connectivity index (χ4n) is 3.57. The van der Waals surface area contributed by atoms with Crippen LogP contribution in [0.25, 0.3) is 11.0 Å². The first-order valence-corrected chi connectivity index (χ1v) is 9.24. The third kappa shape index (κ3) is 3.58. The Morgan fingerprint density at radius 2 is 1.83 bits per heavy atom. The summed E-state index contributed by atoms with van der Waals surface area (Å²) in [4.78, 5) is 47.2. The number of carbonyl (C=O) groups excluding carboxylic acids is 2. The van der Waals surface area contributed by atoms with Gasteiger partial charge in [-0.05, 0) is 25.1 Å². The Morgan fingerprint density at radius 1 is 1.14 bits per heavy atom. The van der Waals surface area contributed by atoms with Gasteiger partial charge in [0.25, 0.3) is 11.8 Å². The highest BCUT2D eigenvalue weighted by atomic mass is 16.4. The van der Waals surface area contributed by atoms with Crippen molar-refractivity contribution >= 4 is 28.8 Å². The number of aryl methyl sites for hydroxylation is 1. The second-order valence-electron chi connectivity index (χ2n) is 7.01. The summed E-state index contributed by atoms with van der Waals surface area (Å²) in [5.41, 5.74) is 3.07. The van der Waals surface area contributed by atoms with Gasteiger partial charge in [-0.25, -0.2) is 4.98 Å². The Kier molecular flexibility index (Phi) is 4.79. The number of carboxylic acid groups (broad SMARTS) is 1. The molecule has 9 nitrogen and oxygen atoms in total. The Morgan fingerprint density at radius 3 is 2.52 bits per heavy atom. The summed E-state index contributed by atoms with van der Waals surface area (Å²) in [6, 6.07) is 5.32. The SMILES string of the molecule is Cc1coc(CC(=O)O)c1C(=O)N1CCN(C(=O)c2ccc3nc[nH]c3c2)CC1. The van der Waals surface area contributed by atoms with Gasteiger partial charge < -0.3 is 24.3 Å². The van der Waals surface area contributed by atoms with Crippen LogP contribution in [0.4, 0.5) is 0 Å². The van der Waals surface area contributed by atoms with E-state index in [1.165, 1.54) is 6.26 Å². The minimum Gasteiger partial charge on any atom is -0.481 e. The minimum absolute atomic E-state index is 0.0975. The average molecular weight is 396 g/mol. The number of piperazine rings is 1. The minimum atomic E-state index is -1.06. The van der Waals surface area contributed by atoms with E-state index in [1.807, 2.05) is 0 Å². The van der Waals surface area contributed by atoms with Gasteiger partial charge in [0.15, 0.2) is 0 Å². The number of carboxylic acids is 1. The summed E-state index contributed by atoms with van der Waals surface area (Å²) in [7, 11) is 0. The lowest BCUT2D eigenvalue weighted by atomic mass is 10.1. The van der Waals surface area contributed by atoms with E-state index in [2.05, 4.69) is 9.97 Å². The van der Waals surface area contributed by atoms with Gasteiger partial charge in [-0.3, -0.25) is 14.4 Å². The lowest BCUT2D eigenvalue weighted by Crippen LogP contribution is -2.50. The zero-order valence-electron chi connectivity index (χ0n) is 15.8. The van der Waals surface area contributed by atoms with E-state index in [0.717, 1.165) is 11.0 Å². The van der Waals surface area contributed by atoms with Crippen molar-refractivity contribution in [3.8, 4) is 0 Å². The maximum Gasteiger partial charge on any atom is 0.311 e. The highest BCUT2D eigenvalue weighted by Gasteiger charge is 2.29. The van der Waals surface area contributed by atoms with Crippen LogP contribution in [0.1, 0.15) is 32.0 Å². The number of rotatable bonds is 4. The van der Waals surface area contributed by atoms with Crippen molar-refractivity contribution in [3.63, 3.8) is 0 Å². The van der Waals surface area contributed by atoms with Crippen molar-refractivity contribution < 1.29 is 23.9 Å². The molecule has 3 aromatic rings. The van der Waals surface area contributed by atoms with E-state index in [-0.39, 0.29) is 24.0 Å². The predicted octanol–water partition coefficient (Wildman–Crippen LogP) is 1.69. The van der Waals surface area contributed by atoms with E-state index in [0.29, 0.717) is 42.9 Å². The number of aromatic amines is 1. The van der Waals surface area contributed by atoms with Crippen molar-refractivity contribution in [2.24, 2.45) is 0 Å². The molecule has 1 aliphatic heterocycles. The molecule has 0 radical (unpaired) electrons. The van der Waals surface area contributed by atoms with Crippen LogP contribution in [-0.4, -0.2) is 68.8 Å². The Labute approximate surface area is 165 Å². The number of benzene rings is 1. The molecular formula is C20H20N4O5. The molecule has 0 unspecified atom stereocenters. The number of H-pyrrole nitrogens is 1. The molecule has 0 atom stereocenters. The number of hydrogen-bond acceptors (Lipinski definition) is 5. The number of aliphatic carboxylic acids is 1. The van der Waals surface area contributed by atoms with Crippen LogP contribution in [-0.2, 0) is 11.2 Å². The molecule has 1 saturated heterocycles. The molecular weight excluding hydrogens is 376 g/mol. The van der Waals surface area contributed by atoms with Crippen molar-refractivity contribution in [1.82, 2.24) is 19.8 Å². The summed E-state index contributed by atoms with van der Waals surface area (Å²) >= 11 is 0. The fourth-order valence-corrected chi connectivity index (χ4v) is 3.57. The Bertz CT molecular complexity index is 1090. The van der Waals surface area contributed by atoms with E-state index < -0.39 is 5.97 Å². The van der Waals surface area contributed by atoms with Crippen LogP contribution in [0.3, 0.4) is 0 Å². The molecule has 9 heteroatoms. The summed E-state index contributed by atoms with van der Waals surface area (Å²) in [6.07, 6.45) is 2.64. The first kappa shape index (κ1) is 18.7. The molecule has 1 aliphatic rings. The zero-order chi connectivity index (χ0) is 20.5. The van der Waals surface area contributed by atoms with Gasteiger partial charge in [-0.2, -0.15) is 0 Å². The molecule has 1 aromatic carbocycles. The van der Waals surface area contributed by atoms with Gasteiger partial charge in [0.1, 0.15) is 12.2 Å². The van der Waals surface area contributed by atoms with Crippen LogP contribution in [0.5, 0.6) is 0 Å². The van der Waals surface area contributed by atoms with Crippen LogP contribution in [0, 0.1) is 6.92 Å². The third-order valence-corrected chi connectivity index (χ3v) is 5.10. The van der Waals surface area contributed by atoms with Gasteiger partial charge in [0.2, 0.25) is 0 Å². The van der Waals surface area contributed by atoms with E-state index in [1.54, 1.807) is 41.2 Å². The summed E-state index contributed by atoms with van der Waals surface area (Å²) in [5.74, 6) is -1.26. The smallest absolute Gasteiger partial charge is 0.311 e. The van der Waals surface area contributed by atoms with Gasteiger partial charge >= 0.3 is 5.97 Å².